The quantitative estimate of drug-likeness (QED) is 0.853. The molecule has 2 aromatic rings. The van der Waals surface area contributed by atoms with Crippen LogP contribution in [0, 0.1) is 20.8 Å². The number of piperazine rings is 1. The molecule has 3 rings (SSSR count). The van der Waals surface area contributed by atoms with Crippen molar-refractivity contribution in [3.63, 3.8) is 0 Å². The SMILES string of the molecule is Cc1cc(C)c(C(=O)N2CCN(C(=O)c3ccco3)CC2)cc1C. The minimum Gasteiger partial charge on any atom is -0.459 e. The first-order valence-corrected chi connectivity index (χ1v) is 8.17. The molecule has 0 atom stereocenters. The van der Waals surface area contributed by atoms with E-state index in [2.05, 4.69) is 13.0 Å². The van der Waals surface area contributed by atoms with E-state index in [4.69, 9.17) is 4.42 Å². The molecular weight excluding hydrogens is 304 g/mol. The number of amides is 2. The summed E-state index contributed by atoms with van der Waals surface area (Å²) in [6.45, 7) is 8.16. The topological polar surface area (TPSA) is 53.8 Å². The summed E-state index contributed by atoms with van der Waals surface area (Å²) in [5.41, 5.74) is 4.06. The average molecular weight is 326 g/mol. The van der Waals surface area contributed by atoms with Crippen molar-refractivity contribution in [3.8, 4) is 0 Å². The van der Waals surface area contributed by atoms with Crippen LogP contribution in [0.15, 0.2) is 34.9 Å². The molecule has 0 saturated carbocycles. The Labute approximate surface area is 141 Å². The second-order valence-corrected chi connectivity index (χ2v) is 6.31. The van der Waals surface area contributed by atoms with Gasteiger partial charge >= 0.3 is 0 Å². The molecule has 2 amide bonds. The Morgan fingerprint density at radius 3 is 2.04 bits per heavy atom. The Balaban J connectivity index is 1.67. The molecule has 0 N–H and O–H groups in total. The second-order valence-electron chi connectivity index (χ2n) is 6.31. The second kappa shape index (κ2) is 6.51. The molecule has 0 unspecified atom stereocenters. The van der Waals surface area contributed by atoms with Crippen LogP contribution < -0.4 is 0 Å². The van der Waals surface area contributed by atoms with E-state index in [0.29, 0.717) is 31.9 Å². The van der Waals surface area contributed by atoms with Gasteiger partial charge in [-0.15, -0.1) is 0 Å². The number of nitrogens with zero attached hydrogens (tertiary/aromatic N) is 2. The van der Waals surface area contributed by atoms with Crippen molar-refractivity contribution < 1.29 is 14.0 Å². The number of furan rings is 1. The summed E-state index contributed by atoms with van der Waals surface area (Å²) in [7, 11) is 0. The molecule has 1 aromatic heterocycles. The van der Waals surface area contributed by atoms with Crippen LogP contribution in [-0.4, -0.2) is 47.8 Å². The van der Waals surface area contributed by atoms with E-state index < -0.39 is 0 Å². The fourth-order valence-electron chi connectivity index (χ4n) is 3.03. The zero-order valence-corrected chi connectivity index (χ0v) is 14.3. The first-order valence-electron chi connectivity index (χ1n) is 8.17. The molecule has 1 aliphatic heterocycles. The minimum absolute atomic E-state index is 0.0423. The maximum atomic E-state index is 12.8. The lowest BCUT2D eigenvalue weighted by molar-refractivity contribution is 0.0517. The standard InChI is InChI=1S/C19H22N2O3/c1-13-11-15(3)16(12-14(13)2)18(22)20-6-8-21(9-7-20)19(23)17-5-4-10-24-17/h4-5,10-12H,6-9H2,1-3H3. The van der Waals surface area contributed by atoms with Crippen LogP contribution in [0.3, 0.4) is 0 Å². The van der Waals surface area contributed by atoms with Gasteiger partial charge in [-0.1, -0.05) is 6.07 Å². The van der Waals surface area contributed by atoms with Gasteiger partial charge in [-0.25, -0.2) is 0 Å². The normalized spacial score (nSPS) is 14.8. The Kier molecular flexibility index (Phi) is 4.42. The van der Waals surface area contributed by atoms with Gasteiger partial charge in [-0.2, -0.15) is 0 Å². The van der Waals surface area contributed by atoms with Crippen molar-refractivity contribution in [2.45, 2.75) is 20.8 Å². The Bertz CT molecular complexity index is 757. The molecule has 126 valence electrons. The van der Waals surface area contributed by atoms with E-state index >= 15 is 0 Å². The van der Waals surface area contributed by atoms with E-state index in [1.54, 1.807) is 17.0 Å². The average Bonchev–Trinajstić information content (AvgIpc) is 3.11. The summed E-state index contributed by atoms with van der Waals surface area (Å²) >= 11 is 0. The Morgan fingerprint density at radius 2 is 1.46 bits per heavy atom. The van der Waals surface area contributed by atoms with Crippen LogP contribution in [0.4, 0.5) is 0 Å². The lowest BCUT2D eigenvalue weighted by Crippen LogP contribution is -2.50. The molecule has 0 spiro atoms. The summed E-state index contributed by atoms with van der Waals surface area (Å²) in [6.07, 6.45) is 1.50. The molecule has 5 heteroatoms. The zero-order valence-electron chi connectivity index (χ0n) is 14.3. The largest absolute Gasteiger partial charge is 0.459 e. The van der Waals surface area contributed by atoms with Crippen LogP contribution in [0.2, 0.25) is 0 Å². The van der Waals surface area contributed by atoms with Crippen molar-refractivity contribution in [2.75, 3.05) is 26.2 Å². The van der Waals surface area contributed by atoms with Gasteiger partial charge in [0, 0.05) is 31.7 Å². The third-order valence-corrected chi connectivity index (χ3v) is 4.66. The number of hydrogen-bond donors (Lipinski definition) is 0. The lowest BCUT2D eigenvalue weighted by Gasteiger charge is -2.34. The maximum absolute atomic E-state index is 12.8. The van der Waals surface area contributed by atoms with Crippen LogP contribution in [0.5, 0.6) is 0 Å². The smallest absolute Gasteiger partial charge is 0.289 e. The highest BCUT2D eigenvalue weighted by Crippen LogP contribution is 2.18. The molecule has 0 radical (unpaired) electrons. The molecular formula is C19H22N2O3. The minimum atomic E-state index is -0.116. The summed E-state index contributed by atoms with van der Waals surface area (Å²) in [6, 6.07) is 7.39. The van der Waals surface area contributed by atoms with E-state index in [9.17, 15) is 9.59 Å². The van der Waals surface area contributed by atoms with Gasteiger partial charge in [0.25, 0.3) is 11.8 Å². The number of carbonyl (C=O) groups is 2. The molecule has 1 aliphatic rings. The van der Waals surface area contributed by atoms with E-state index in [1.807, 2.05) is 24.8 Å². The molecule has 0 bridgehead atoms. The molecule has 0 aliphatic carbocycles. The molecule has 5 nitrogen and oxygen atoms in total. The van der Waals surface area contributed by atoms with Crippen LogP contribution >= 0.6 is 0 Å². The number of hydrogen-bond acceptors (Lipinski definition) is 3. The molecule has 1 aromatic carbocycles. The zero-order chi connectivity index (χ0) is 17.3. The molecule has 24 heavy (non-hydrogen) atoms. The number of carbonyl (C=O) groups excluding carboxylic acids is 2. The van der Waals surface area contributed by atoms with Gasteiger partial charge in [0.1, 0.15) is 0 Å². The maximum Gasteiger partial charge on any atom is 0.289 e. The van der Waals surface area contributed by atoms with E-state index in [1.165, 1.54) is 11.8 Å². The first-order chi connectivity index (χ1) is 11.5. The number of benzene rings is 1. The molecule has 1 saturated heterocycles. The Morgan fingerprint density at radius 1 is 0.875 bits per heavy atom. The summed E-state index contributed by atoms with van der Waals surface area (Å²) in [5, 5.41) is 0. The van der Waals surface area contributed by atoms with Crippen molar-refractivity contribution >= 4 is 11.8 Å². The van der Waals surface area contributed by atoms with Crippen LogP contribution in [-0.2, 0) is 0 Å². The predicted octanol–water partition coefficient (Wildman–Crippen LogP) is 2.80. The summed E-state index contributed by atoms with van der Waals surface area (Å²) in [4.78, 5) is 28.6. The van der Waals surface area contributed by atoms with Gasteiger partial charge in [0.05, 0.1) is 6.26 Å². The van der Waals surface area contributed by atoms with Gasteiger partial charge in [0.15, 0.2) is 5.76 Å². The Hall–Kier alpha value is -2.56. The third-order valence-electron chi connectivity index (χ3n) is 4.66. The van der Waals surface area contributed by atoms with Crippen LogP contribution in [0.1, 0.15) is 37.6 Å². The van der Waals surface area contributed by atoms with E-state index in [0.717, 1.165) is 16.7 Å². The van der Waals surface area contributed by atoms with Crippen molar-refractivity contribution in [1.82, 2.24) is 9.80 Å². The van der Waals surface area contributed by atoms with Crippen molar-refractivity contribution in [1.29, 1.82) is 0 Å². The van der Waals surface area contributed by atoms with Gasteiger partial charge in [0.2, 0.25) is 0 Å². The monoisotopic (exact) mass is 326 g/mol. The fraction of sp³-hybridized carbons (Fsp3) is 0.368. The highest BCUT2D eigenvalue weighted by molar-refractivity contribution is 5.96. The number of rotatable bonds is 2. The first kappa shape index (κ1) is 16.3. The summed E-state index contributed by atoms with van der Waals surface area (Å²) in [5.74, 6) is 0.273. The third kappa shape index (κ3) is 3.07. The van der Waals surface area contributed by atoms with Crippen molar-refractivity contribution in [2.24, 2.45) is 0 Å². The molecule has 2 heterocycles. The number of aryl methyl sites for hydroxylation is 3. The van der Waals surface area contributed by atoms with Gasteiger partial charge in [-0.3, -0.25) is 9.59 Å². The van der Waals surface area contributed by atoms with E-state index in [-0.39, 0.29) is 11.8 Å². The van der Waals surface area contributed by atoms with Gasteiger partial charge < -0.3 is 14.2 Å². The van der Waals surface area contributed by atoms with Crippen molar-refractivity contribution in [3.05, 3.63) is 58.5 Å². The fourth-order valence-corrected chi connectivity index (χ4v) is 3.03. The van der Waals surface area contributed by atoms with Gasteiger partial charge in [-0.05, 0) is 55.7 Å². The highest BCUT2D eigenvalue weighted by Gasteiger charge is 2.27. The summed E-state index contributed by atoms with van der Waals surface area (Å²) < 4.78 is 5.16. The molecule has 1 fully saturated rings. The predicted molar refractivity (Wildman–Crippen MR) is 91.2 cm³/mol. The van der Waals surface area contributed by atoms with Crippen LogP contribution in [0.25, 0.3) is 0 Å². The highest BCUT2D eigenvalue weighted by atomic mass is 16.3. The lowest BCUT2D eigenvalue weighted by atomic mass is 10.00.